The molecule has 0 bridgehead atoms. The molecule has 1 aromatic heterocycles. The third-order valence-corrected chi connectivity index (χ3v) is 3.53. The lowest BCUT2D eigenvalue weighted by molar-refractivity contribution is 0.0950. The highest BCUT2D eigenvalue weighted by atomic mass is 16.5. The van der Waals surface area contributed by atoms with Crippen LogP contribution in [0.1, 0.15) is 27.2 Å². The standard InChI is InChI=1S/C19H18N2O2/c1-13-8-14(2)10-16(9-13)19(22)20-12-17-11-18(23-21-17)15-6-4-3-5-7-15/h3-11H,12H2,1-2H3,(H,20,22). The van der Waals surface area contributed by atoms with Gasteiger partial charge in [-0.05, 0) is 26.0 Å². The van der Waals surface area contributed by atoms with E-state index in [0.717, 1.165) is 16.7 Å². The molecule has 0 aliphatic heterocycles. The second-order valence-electron chi connectivity index (χ2n) is 5.61. The van der Waals surface area contributed by atoms with Crippen LogP contribution in [0.3, 0.4) is 0 Å². The van der Waals surface area contributed by atoms with Gasteiger partial charge in [0, 0.05) is 17.2 Å². The van der Waals surface area contributed by atoms with Crippen molar-refractivity contribution in [3.05, 3.63) is 77.0 Å². The molecule has 0 unspecified atom stereocenters. The molecule has 1 N–H and O–H groups in total. The van der Waals surface area contributed by atoms with Crippen molar-refractivity contribution in [2.45, 2.75) is 20.4 Å². The molecule has 0 spiro atoms. The first-order valence-electron chi connectivity index (χ1n) is 7.49. The lowest BCUT2D eigenvalue weighted by Crippen LogP contribution is -2.23. The van der Waals surface area contributed by atoms with Crippen molar-refractivity contribution >= 4 is 5.91 Å². The molecule has 1 heterocycles. The van der Waals surface area contributed by atoms with Crippen molar-refractivity contribution in [3.8, 4) is 11.3 Å². The fourth-order valence-corrected chi connectivity index (χ4v) is 2.51. The van der Waals surface area contributed by atoms with Gasteiger partial charge in [0.2, 0.25) is 0 Å². The first-order valence-corrected chi connectivity index (χ1v) is 7.49. The molecule has 23 heavy (non-hydrogen) atoms. The van der Waals surface area contributed by atoms with Crippen LogP contribution in [-0.2, 0) is 6.54 Å². The molecule has 0 atom stereocenters. The highest BCUT2D eigenvalue weighted by Crippen LogP contribution is 2.19. The number of hydrogen-bond acceptors (Lipinski definition) is 3. The topological polar surface area (TPSA) is 55.1 Å². The molecular weight excluding hydrogens is 288 g/mol. The molecule has 0 aliphatic rings. The second-order valence-corrected chi connectivity index (χ2v) is 5.61. The molecular formula is C19H18N2O2. The molecule has 0 fully saturated rings. The van der Waals surface area contributed by atoms with Gasteiger partial charge in [0.15, 0.2) is 5.76 Å². The quantitative estimate of drug-likeness (QED) is 0.795. The number of nitrogens with one attached hydrogen (secondary N) is 1. The maximum Gasteiger partial charge on any atom is 0.251 e. The van der Waals surface area contributed by atoms with Crippen molar-refractivity contribution in [1.82, 2.24) is 10.5 Å². The first-order chi connectivity index (χ1) is 11.1. The summed E-state index contributed by atoms with van der Waals surface area (Å²) in [5.74, 6) is 0.585. The second kappa shape index (κ2) is 6.48. The predicted molar refractivity (Wildman–Crippen MR) is 89.0 cm³/mol. The normalized spacial score (nSPS) is 10.5. The summed E-state index contributed by atoms with van der Waals surface area (Å²) in [5, 5.41) is 6.88. The van der Waals surface area contributed by atoms with Crippen molar-refractivity contribution < 1.29 is 9.32 Å². The smallest absolute Gasteiger partial charge is 0.251 e. The van der Waals surface area contributed by atoms with Gasteiger partial charge in [-0.15, -0.1) is 0 Å². The Labute approximate surface area is 135 Å². The summed E-state index contributed by atoms with van der Waals surface area (Å²) in [6, 6.07) is 17.4. The van der Waals surface area contributed by atoms with Gasteiger partial charge in [-0.1, -0.05) is 52.7 Å². The van der Waals surface area contributed by atoms with E-state index < -0.39 is 0 Å². The highest BCUT2D eigenvalue weighted by molar-refractivity contribution is 5.94. The summed E-state index contributed by atoms with van der Waals surface area (Å²) in [4.78, 5) is 12.2. The number of hydrogen-bond donors (Lipinski definition) is 1. The summed E-state index contributed by atoms with van der Waals surface area (Å²) in [7, 11) is 0. The SMILES string of the molecule is Cc1cc(C)cc(C(=O)NCc2cc(-c3ccccc3)on2)c1. The molecule has 3 rings (SSSR count). The predicted octanol–water partition coefficient (Wildman–Crippen LogP) is 3.89. The van der Waals surface area contributed by atoms with Crippen LogP contribution in [0.15, 0.2) is 59.1 Å². The van der Waals surface area contributed by atoms with Crippen molar-refractivity contribution in [1.29, 1.82) is 0 Å². The van der Waals surface area contributed by atoms with E-state index in [2.05, 4.69) is 10.5 Å². The number of carbonyl (C=O) groups is 1. The van der Waals surface area contributed by atoms with Crippen molar-refractivity contribution in [2.75, 3.05) is 0 Å². The largest absolute Gasteiger partial charge is 0.356 e. The average Bonchev–Trinajstić information content (AvgIpc) is 3.01. The van der Waals surface area contributed by atoms with Gasteiger partial charge in [0.05, 0.1) is 6.54 Å². The molecule has 4 nitrogen and oxygen atoms in total. The Kier molecular flexibility index (Phi) is 4.24. The molecule has 2 aromatic carbocycles. The van der Waals surface area contributed by atoms with E-state index in [0.29, 0.717) is 23.6 Å². The summed E-state index contributed by atoms with van der Waals surface area (Å²) < 4.78 is 5.33. The molecule has 4 heteroatoms. The zero-order valence-corrected chi connectivity index (χ0v) is 13.2. The molecule has 1 amide bonds. The van der Waals surface area contributed by atoms with Crippen LogP contribution < -0.4 is 5.32 Å². The average molecular weight is 306 g/mol. The Morgan fingerprint density at radius 2 is 1.74 bits per heavy atom. The number of rotatable bonds is 4. The van der Waals surface area contributed by atoms with Crippen molar-refractivity contribution in [2.24, 2.45) is 0 Å². The van der Waals surface area contributed by atoms with Gasteiger partial charge < -0.3 is 9.84 Å². The van der Waals surface area contributed by atoms with Crippen LogP contribution in [0, 0.1) is 13.8 Å². The van der Waals surface area contributed by atoms with E-state index in [4.69, 9.17) is 4.52 Å². The summed E-state index contributed by atoms with van der Waals surface area (Å²) in [5.41, 5.74) is 4.47. The summed E-state index contributed by atoms with van der Waals surface area (Å²) >= 11 is 0. The zero-order chi connectivity index (χ0) is 16.2. The van der Waals surface area contributed by atoms with E-state index in [-0.39, 0.29) is 5.91 Å². The fraction of sp³-hybridized carbons (Fsp3) is 0.158. The van der Waals surface area contributed by atoms with Gasteiger partial charge in [-0.2, -0.15) is 0 Å². The van der Waals surface area contributed by atoms with Gasteiger partial charge in [0.1, 0.15) is 5.69 Å². The van der Waals surface area contributed by atoms with Crippen LogP contribution in [0.5, 0.6) is 0 Å². The highest BCUT2D eigenvalue weighted by Gasteiger charge is 2.10. The third kappa shape index (κ3) is 3.66. The summed E-state index contributed by atoms with van der Waals surface area (Å²) in [6.45, 7) is 4.29. The summed E-state index contributed by atoms with van der Waals surface area (Å²) in [6.07, 6.45) is 0. The van der Waals surface area contributed by atoms with Crippen LogP contribution in [0.4, 0.5) is 0 Å². The Morgan fingerprint density at radius 3 is 2.43 bits per heavy atom. The van der Waals surface area contributed by atoms with E-state index in [1.165, 1.54) is 0 Å². The van der Waals surface area contributed by atoms with Crippen molar-refractivity contribution in [3.63, 3.8) is 0 Å². The minimum atomic E-state index is -0.110. The number of carbonyl (C=O) groups excluding carboxylic acids is 1. The van der Waals surface area contributed by atoms with Crippen LogP contribution >= 0.6 is 0 Å². The Hall–Kier alpha value is -2.88. The molecule has 0 saturated carbocycles. The van der Waals surface area contributed by atoms with Gasteiger partial charge >= 0.3 is 0 Å². The molecule has 116 valence electrons. The maximum atomic E-state index is 12.2. The van der Waals surface area contributed by atoms with Crippen LogP contribution in [0.25, 0.3) is 11.3 Å². The zero-order valence-electron chi connectivity index (χ0n) is 13.2. The maximum absolute atomic E-state index is 12.2. The number of amides is 1. The van der Waals surface area contributed by atoms with E-state index in [1.807, 2.05) is 68.4 Å². The number of aryl methyl sites for hydroxylation is 2. The Bertz CT molecular complexity index is 802. The van der Waals surface area contributed by atoms with E-state index in [9.17, 15) is 4.79 Å². The lowest BCUT2D eigenvalue weighted by atomic mass is 10.1. The lowest BCUT2D eigenvalue weighted by Gasteiger charge is -2.05. The van der Waals surface area contributed by atoms with E-state index in [1.54, 1.807) is 0 Å². The van der Waals surface area contributed by atoms with Gasteiger partial charge in [-0.25, -0.2) is 0 Å². The Morgan fingerprint density at radius 1 is 1.04 bits per heavy atom. The molecule has 0 aliphatic carbocycles. The molecule has 0 radical (unpaired) electrons. The number of benzene rings is 2. The first kappa shape index (κ1) is 15.0. The minimum Gasteiger partial charge on any atom is -0.356 e. The molecule has 3 aromatic rings. The monoisotopic (exact) mass is 306 g/mol. The van der Waals surface area contributed by atoms with Crippen LogP contribution in [-0.4, -0.2) is 11.1 Å². The van der Waals surface area contributed by atoms with Crippen LogP contribution in [0.2, 0.25) is 0 Å². The molecule has 0 saturated heterocycles. The minimum absolute atomic E-state index is 0.110. The Balaban J connectivity index is 1.67. The fourth-order valence-electron chi connectivity index (χ4n) is 2.51. The van der Waals surface area contributed by atoms with Gasteiger partial charge in [0.25, 0.3) is 5.91 Å². The van der Waals surface area contributed by atoms with E-state index >= 15 is 0 Å². The third-order valence-electron chi connectivity index (χ3n) is 3.53. The number of aromatic nitrogens is 1. The number of nitrogens with zero attached hydrogens (tertiary/aromatic N) is 1. The van der Waals surface area contributed by atoms with Gasteiger partial charge in [-0.3, -0.25) is 4.79 Å².